The number of carbonyl (C=O) groups is 8. The zero-order valence-corrected chi connectivity index (χ0v) is 46.8. The number of unbranched alkanes of at least 4 members (excludes halogenated alkanes) is 2. The van der Waals surface area contributed by atoms with Crippen molar-refractivity contribution in [2.24, 2.45) is 58.2 Å². The summed E-state index contributed by atoms with van der Waals surface area (Å²) in [6, 6.07) is -1.23. The highest BCUT2D eigenvalue weighted by molar-refractivity contribution is 5.95. The van der Waals surface area contributed by atoms with Gasteiger partial charge in [-0.15, -0.1) is 13.2 Å². The molecule has 2 saturated carbocycles. The van der Waals surface area contributed by atoms with Crippen LogP contribution >= 0.6 is 0 Å². The summed E-state index contributed by atoms with van der Waals surface area (Å²) in [7, 11) is 2.68. The van der Waals surface area contributed by atoms with Gasteiger partial charge in [-0.2, -0.15) is 0 Å². The van der Waals surface area contributed by atoms with Crippen molar-refractivity contribution in [1.82, 2.24) is 9.80 Å². The number of ether oxygens (including phenoxy) is 6. The molecule has 74 heavy (non-hydrogen) atoms. The van der Waals surface area contributed by atoms with Crippen molar-refractivity contribution in [2.75, 3.05) is 53.7 Å². The Morgan fingerprint density at radius 1 is 0.811 bits per heavy atom. The number of rotatable bonds is 19. The van der Waals surface area contributed by atoms with E-state index in [-0.39, 0.29) is 109 Å². The van der Waals surface area contributed by atoms with Crippen LogP contribution in [0.1, 0.15) is 146 Å². The average molecular weight is 1040 g/mol. The highest BCUT2D eigenvalue weighted by Crippen LogP contribution is 2.66. The molecule has 2 amide bonds. The second-order valence-corrected chi connectivity index (χ2v) is 24.2. The Balaban J connectivity index is 0.000000321. The van der Waals surface area contributed by atoms with E-state index in [0.29, 0.717) is 32.5 Å². The van der Waals surface area contributed by atoms with E-state index in [1.165, 1.54) is 14.2 Å². The molecule has 0 spiro atoms. The molecule has 0 unspecified atom stereocenters. The number of piperidine rings is 2. The van der Waals surface area contributed by atoms with Crippen LogP contribution in [-0.4, -0.2) is 134 Å². The van der Waals surface area contributed by atoms with Crippen molar-refractivity contribution in [3.05, 3.63) is 37.5 Å². The number of ketones is 2. The number of hydrogen-bond donors (Lipinski definition) is 0. The van der Waals surface area contributed by atoms with Gasteiger partial charge in [-0.05, 0) is 115 Å². The maximum atomic E-state index is 13.8. The summed E-state index contributed by atoms with van der Waals surface area (Å²) >= 11 is 0. The number of methoxy groups -OCH3 is 2. The highest BCUT2D eigenvalue weighted by Gasteiger charge is 2.70. The minimum atomic E-state index is -0.781. The van der Waals surface area contributed by atoms with Crippen molar-refractivity contribution >= 4 is 47.3 Å². The van der Waals surface area contributed by atoms with Gasteiger partial charge < -0.3 is 38.2 Å². The summed E-state index contributed by atoms with van der Waals surface area (Å²) in [5.41, 5.74) is -1.45. The van der Waals surface area contributed by atoms with Crippen LogP contribution in [0, 0.1) is 58.2 Å². The van der Waals surface area contributed by atoms with Crippen molar-refractivity contribution in [2.45, 2.75) is 170 Å². The molecule has 0 aromatic heterocycles. The first kappa shape index (κ1) is 61.8. The molecule has 16 nitrogen and oxygen atoms in total. The van der Waals surface area contributed by atoms with Gasteiger partial charge in [-0.3, -0.25) is 38.4 Å². The van der Waals surface area contributed by atoms with Crippen LogP contribution in [-0.2, 0) is 66.8 Å². The molecule has 0 N–H and O–H groups in total. The average Bonchev–Trinajstić information content (AvgIpc) is 3.76. The molecule has 2 aliphatic carbocycles. The van der Waals surface area contributed by atoms with Crippen LogP contribution in [0.4, 0.5) is 0 Å². The van der Waals surface area contributed by atoms with Gasteiger partial charge in [-0.25, -0.2) is 0 Å². The highest BCUT2D eigenvalue weighted by atomic mass is 16.6. The van der Waals surface area contributed by atoms with E-state index in [2.05, 4.69) is 40.9 Å². The Morgan fingerprint density at radius 3 is 2.08 bits per heavy atom. The Hall–Kier alpha value is -4.70. The Labute approximate surface area is 441 Å². The smallest absolute Gasteiger partial charge is 0.309 e. The van der Waals surface area contributed by atoms with Gasteiger partial charge in [0.2, 0.25) is 11.8 Å². The van der Waals surface area contributed by atoms with Gasteiger partial charge in [-0.1, -0.05) is 64.8 Å². The number of likely N-dealkylation sites (tertiary alicyclic amines) is 1. The molecule has 4 fully saturated rings. The molecular weight excluding hydrogens is 949 g/mol. The Kier molecular flexibility index (Phi) is 22.5. The molecule has 0 bridgehead atoms. The standard InChI is InChI=1S/C30H47NO7.C28H43NO7/c1-9-11-12-13-14-20(28(35)36-8)16-23(32)26-25-22(30(25,6)7)18-31(26)27(34)21(19-37-15-10-2)17-24(33)38-29(3,4)5;1-27(2,3)36-22(31)15-19-17-35-13-11-9-7-8-10-12-18(26(33)34-6)14-21(30)24-23-20(28(23,4)5)16-29(24)25(19)32/h9-10,20-22,25-26H,1-2,11-19H2,3-8H3;9,11,18-20,23-24H,7-8,10,12-17H2,1-6H3/t20-,21+,22+,25+,26-;18-,19+,20+,23+,24-/m11/s1. The van der Waals surface area contributed by atoms with E-state index < -0.39 is 64.9 Å². The van der Waals surface area contributed by atoms with Gasteiger partial charge in [0.1, 0.15) is 11.2 Å². The summed E-state index contributed by atoms with van der Waals surface area (Å²) in [4.78, 5) is 109. The first-order chi connectivity index (χ1) is 34.6. The molecule has 0 aromatic carbocycles. The normalized spacial score (nSPS) is 27.1. The van der Waals surface area contributed by atoms with E-state index >= 15 is 0 Å². The van der Waals surface area contributed by atoms with Crippen LogP contribution in [0.25, 0.3) is 0 Å². The van der Waals surface area contributed by atoms with E-state index in [1.807, 2.05) is 18.2 Å². The summed E-state index contributed by atoms with van der Waals surface area (Å²) < 4.78 is 32.3. The van der Waals surface area contributed by atoms with E-state index in [1.54, 1.807) is 57.4 Å². The molecule has 5 aliphatic rings. The van der Waals surface area contributed by atoms with Gasteiger partial charge >= 0.3 is 23.9 Å². The predicted molar refractivity (Wildman–Crippen MR) is 279 cm³/mol. The van der Waals surface area contributed by atoms with Crippen LogP contribution in [0.2, 0.25) is 0 Å². The molecule has 416 valence electrons. The molecule has 10 atom stereocenters. The number of fused-ring (bicyclic) bond motifs is 4. The van der Waals surface area contributed by atoms with E-state index in [9.17, 15) is 38.4 Å². The molecule has 5 rings (SSSR count). The molecule has 16 heteroatoms. The van der Waals surface area contributed by atoms with Gasteiger partial charge in [0.25, 0.3) is 0 Å². The first-order valence-electron chi connectivity index (χ1n) is 26.9. The number of nitrogens with zero attached hydrogens (tertiary/aromatic N) is 2. The lowest BCUT2D eigenvalue weighted by Crippen LogP contribution is -2.49. The Bertz CT molecular complexity index is 2050. The topological polar surface area (TPSA) is 198 Å². The number of Topliss-reactive ketones (excluding diaryl/α,β-unsaturated/α-hetero) is 2. The van der Waals surface area contributed by atoms with Gasteiger partial charge in [0, 0.05) is 25.9 Å². The van der Waals surface area contributed by atoms with E-state index in [0.717, 1.165) is 38.5 Å². The molecule has 0 radical (unpaired) electrons. The van der Waals surface area contributed by atoms with Crippen LogP contribution in [0.5, 0.6) is 0 Å². The van der Waals surface area contributed by atoms with Crippen LogP contribution in [0.3, 0.4) is 0 Å². The number of esters is 4. The lowest BCUT2D eigenvalue weighted by atomic mass is 9.89. The molecule has 2 saturated heterocycles. The zero-order chi connectivity index (χ0) is 55.3. The van der Waals surface area contributed by atoms with Crippen molar-refractivity contribution in [3.63, 3.8) is 0 Å². The summed E-state index contributed by atoms with van der Waals surface area (Å²) in [6.45, 7) is 28.1. The van der Waals surface area contributed by atoms with E-state index in [4.69, 9.17) is 28.4 Å². The maximum Gasteiger partial charge on any atom is 0.309 e. The number of amides is 2. The zero-order valence-electron chi connectivity index (χ0n) is 46.8. The fourth-order valence-electron chi connectivity index (χ4n) is 11.6. The fraction of sp³-hybridized carbons (Fsp3) is 0.759. The van der Waals surface area contributed by atoms with Gasteiger partial charge in [0.05, 0.1) is 89.2 Å². The molecule has 3 aliphatic heterocycles. The molecule has 0 aromatic rings. The monoisotopic (exact) mass is 1040 g/mol. The minimum Gasteiger partial charge on any atom is -0.469 e. The van der Waals surface area contributed by atoms with Crippen LogP contribution in [0.15, 0.2) is 37.5 Å². The number of hydrogen-bond acceptors (Lipinski definition) is 14. The maximum absolute atomic E-state index is 13.8. The fourth-order valence-corrected chi connectivity index (χ4v) is 11.6. The molecule has 3 heterocycles. The predicted octanol–water partition coefficient (Wildman–Crippen LogP) is 8.23. The third kappa shape index (κ3) is 16.9. The summed E-state index contributed by atoms with van der Waals surface area (Å²) in [5, 5.41) is 0. The second kappa shape index (κ2) is 26.9. The van der Waals surface area contributed by atoms with Crippen LogP contribution < -0.4 is 0 Å². The summed E-state index contributed by atoms with van der Waals surface area (Å²) in [6.07, 6.45) is 13.3. The molecular formula is C58H90N2O14. The van der Waals surface area contributed by atoms with Crippen molar-refractivity contribution < 1.29 is 66.8 Å². The largest absolute Gasteiger partial charge is 0.469 e. The third-order valence-electron chi connectivity index (χ3n) is 15.6. The van der Waals surface area contributed by atoms with Crippen molar-refractivity contribution in [3.8, 4) is 0 Å². The third-order valence-corrected chi connectivity index (χ3v) is 15.6. The SMILES string of the molecule is C=CCCCC[C@H](CC(=O)[C@@H]1[C@@H]2[C@H](CN1C(=O)[C@H](COCC=C)CC(=O)OC(C)(C)C)C2(C)C)C(=O)OC.COC(=O)[C@@H]1CCCCC=CCOC[C@H](CC(=O)OC(C)(C)C)C(=O)N2C[C@H]3[C@@H]([C@H]2C(=O)C1)C3(C)C. The number of carbonyl (C=O) groups excluding carboxylic acids is 8. The van der Waals surface area contributed by atoms with Crippen molar-refractivity contribution in [1.29, 1.82) is 0 Å². The summed E-state index contributed by atoms with van der Waals surface area (Å²) in [5.74, 6) is -4.60. The quantitative estimate of drug-likeness (QED) is 0.0519. The Morgan fingerprint density at radius 2 is 1.46 bits per heavy atom. The number of allylic oxidation sites excluding steroid dienone is 2. The second-order valence-electron chi connectivity index (χ2n) is 24.2. The lowest BCUT2D eigenvalue weighted by molar-refractivity contribution is -0.160. The first-order valence-corrected chi connectivity index (χ1v) is 26.9. The lowest BCUT2D eigenvalue weighted by Gasteiger charge is -2.33. The minimum absolute atomic E-state index is 0.0221. The van der Waals surface area contributed by atoms with Gasteiger partial charge in [0.15, 0.2) is 11.6 Å².